The number of nitrogens with one attached hydrogen (secondary N) is 2. The lowest BCUT2D eigenvalue weighted by Gasteiger charge is -2.32. The van der Waals surface area contributed by atoms with Crippen LogP contribution in [0.1, 0.15) is 59.4 Å². The van der Waals surface area contributed by atoms with Crippen molar-refractivity contribution in [2.24, 2.45) is 0 Å². The molecule has 3 aromatic rings. The summed E-state index contributed by atoms with van der Waals surface area (Å²) in [6.07, 6.45) is -1.33. The molecule has 0 bridgehead atoms. The predicted octanol–water partition coefficient (Wildman–Crippen LogP) is 5.71. The highest BCUT2D eigenvalue weighted by Gasteiger charge is 2.43. The van der Waals surface area contributed by atoms with Crippen LogP contribution in [-0.4, -0.2) is 38.9 Å². The number of carbonyl (C=O) groups excluding carboxylic acids is 1. The third-order valence-corrected chi connectivity index (χ3v) is 7.13. The first kappa shape index (κ1) is 26.2. The minimum atomic E-state index is -4.56. The molecule has 1 fully saturated rings. The molecular weight excluding hydrogens is 531 g/mol. The van der Waals surface area contributed by atoms with E-state index >= 15 is 0 Å². The van der Waals surface area contributed by atoms with Gasteiger partial charge in [-0.25, -0.2) is 4.98 Å². The van der Waals surface area contributed by atoms with Gasteiger partial charge in [0.05, 0.1) is 11.1 Å². The van der Waals surface area contributed by atoms with E-state index in [4.69, 9.17) is 11.6 Å². The van der Waals surface area contributed by atoms with Gasteiger partial charge in [-0.2, -0.15) is 32.3 Å². The number of aromatic nitrogens is 3. The molecule has 1 aromatic carbocycles. The van der Waals surface area contributed by atoms with Gasteiger partial charge in [-0.1, -0.05) is 11.6 Å². The van der Waals surface area contributed by atoms with E-state index in [9.17, 15) is 32.0 Å². The molecule has 0 radical (unpaired) electrons. The smallest absolute Gasteiger partial charge is 0.381 e. The van der Waals surface area contributed by atoms with E-state index in [1.165, 1.54) is 0 Å². The summed E-state index contributed by atoms with van der Waals surface area (Å²) in [5, 5.41) is 20.1. The molecular formula is C25H22ClF5N6O. The van der Waals surface area contributed by atoms with Gasteiger partial charge in [0.15, 0.2) is 5.69 Å². The van der Waals surface area contributed by atoms with Crippen molar-refractivity contribution in [2.45, 2.75) is 69.3 Å². The second-order valence-electron chi connectivity index (χ2n) is 9.67. The van der Waals surface area contributed by atoms with E-state index in [-0.39, 0.29) is 36.2 Å². The zero-order valence-electron chi connectivity index (χ0n) is 19.9. The van der Waals surface area contributed by atoms with Crippen LogP contribution in [0.4, 0.5) is 27.6 Å². The number of halogens is 6. The molecule has 2 aliphatic rings. The topological polar surface area (TPSA) is 95.6 Å². The van der Waals surface area contributed by atoms with Crippen molar-refractivity contribution in [3.63, 3.8) is 0 Å². The van der Waals surface area contributed by atoms with Gasteiger partial charge in [0.1, 0.15) is 18.3 Å². The molecule has 2 atom stereocenters. The Morgan fingerprint density at radius 3 is 2.76 bits per heavy atom. The van der Waals surface area contributed by atoms with Crippen LogP contribution in [-0.2, 0) is 18.9 Å². The van der Waals surface area contributed by atoms with Gasteiger partial charge < -0.3 is 10.6 Å². The number of alkyl halides is 5. The molecule has 0 aliphatic heterocycles. The molecule has 7 nitrogen and oxygen atoms in total. The Morgan fingerprint density at radius 2 is 2.03 bits per heavy atom. The predicted molar refractivity (Wildman–Crippen MR) is 129 cm³/mol. The third kappa shape index (κ3) is 5.25. The van der Waals surface area contributed by atoms with Crippen LogP contribution in [0.25, 0.3) is 10.9 Å². The van der Waals surface area contributed by atoms with Crippen LogP contribution in [0.2, 0.25) is 5.02 Å². The molecule has 2 aromatic heterocycles. The molecule has 0 unspecified atom stereocenters. The standard InChI is InChI=1S/C25H22ClF5N6O/c26-13-4-5-19-17(8-13)21(16-6-7-24(27,28)22(16)35-19)33-14-2-1-3-15(9-14)34-23(38)18-11-37(12-25(29,30)31)36-20(18)10-32/h4-5,8,11,14-15H,1-3,6-7,9,12H2,(H,33,35)(H,34,38)/t14-,15+/m0/s1. The largest absolute Gasteiger partial charge is 0.408 e. The number of anilines is 1. The molecule has 2 aliphatic carbocycles. The van der Waals surface area contributed by atoms with Gasteiger partial charge in [0.25, 0.3) is 11.8 Å². The van der Waals surface area contributed by atoms with Gasteiger partial charge in [-0.3, -0.25) is 9.48 Å². The number of rotatable bonds is 5. The molecule has 38 heavy (non-hydrogen) atoms. The summed E-state index contributed by atoms with van der Waals surface area (Å²) in [5.74, 6) is -3.72. The van der Waals surface area contributed by atoms with Gasteiger partial charge in [0.2, 0.25) is 0 Å². The first-order chi connectivity index (χ1) is 17.9. The molecule has 0 spiro atoms. The number of hydrogen-bond donors (Lipinski definition) is 2. The first-order valence-electron chi connectivity index (χ1n) is 12.1. The van der Waals surface area contributed by atoms with Crippen LogP contribution in [0.15, 0.2) is 24.4 Å². The molecule has 0 saturated heterocycles. The summed E-state index contributed by atoms with van der Waals surface area (Å²) in [6.45, 7) is -1.42. The Balaban J connectivity index is 1.35. The van der Waals surface area contributed by atoms with Crippen molar-refractivity contribution in [3.05, 3.63) is 51.9 Å². The number of benzene rings is 1. The Morgan fingerprint density at radius 1 is 1.26 bits per heavy atom. The van der Waals surface area contributed by atoms with E-state index in [1.54, 1.807) is 24.3 Å². The molecule has 2 N–H and O–H groups in total. The summed E-state index contributed by atoms with van der Waals surface area (Å²) in [4.78, 5) is 17.1. The second-order valence-corrected chi connectivity index (χ2v) is 10.1. The summed E-state index contributed by atoms with van der Waals surface area (Å²) in [6, 6.07) is 6.02. The lowest BCUT2D eigenvalue weighted by atomic mass is 9.90. The average Bonchev–Trinajstić information content (AvgIpc) is 3.38. The highest BCUT2D eigenvalue weighted by atomic mass is 35.5. The maximum Gasteiger partial charge on any atom is 0.408 e. The Labute approximate surface area is 219 Å². The van der Waals surface area contributed by atoms with Gasteiger partial charge in [-0.15, -0.1) is 0 Å². The molecule has 5 rings (SSSR count). The van der Waals surface area contributed by atoms with Crippen LogP contribution in [0, 0.1) is 11.3 Å². The molecule has 1 saturated carbocycles. The monoisotopic (exact) mass is 552 g/mol. The quantitative estimate of drug-likeness (QED) is 0.395. The number of nitrogens with zero attached hydrogens (tertiary/aromatic N) is 4. The normalized spacial score (nSPS) is 20.7. The minimum absolute atomic E-state index is 0.159. The zero-order valence-corrected chi connectivity index (χ0v) is 20.6. The number of amides is 1. The number of carbonyl (C=O) groups is 1. The summed E-state index contributed by atoms with van der Waals surface area (Å²) >= 11 is 6.20. The number of pyridine rings is 1. The van der Waals surface area contributed by atoms with Crippen LogP contribution in [0.5, 0.6) is 0 Å². The first-order valence-corrected chi connectivity index (χ1v) is 12.4. The molecule has 200 valence electrons. The maximum absolute atomic E-state index is 14.6. The molecule has 13 heteroatoms. The highest BCUT2D eigenvalue weighted by Crippen LogP contribution is 2.46. The van der Waals surface area contributed by atoms with E-state index < -0.39 is 30.2 Å². The summed E-state index contributed by atoms with van der Waals surface area (Å²) < 4.78 is 67.8. The Bertz CT molecular complexity index is 1450. The minimum Gasteiger partial charge on any atom is -0.381 e. The Hall–Kier alpha value is -3.46. The third-order valence-electron chi connectivity index (χ3n) is 6.89. The van der Waals surface area contributed by atoms with Crippen LogP contribution >= 0.6 is 11.6 Å². The maximum atomic E-state index is 14.6. The zero-order chi connectivity index (χ0) is 27.2. The molecule has 2 heterocycles. The average molecular weight is 553 g/mol. The van der Waals surface area contributed by atoms with Crippen molar-refractivity contribution >= 4 is 34.1 Å². The van der Waals surface area contributed by atoms with E-state index in [0.29, 0.717) is 51.1 Å². The summed E-state index contributed by atoms with van der Waals surface area (Å²) in [7, 11) is 0. The van der Waals surface area contributed by atoms with Crippen molar-refractivity contribution in [3.8, 4) is 6.07 Å². The fourth-order valence-electron chi connectivity index (χ4n) is 5.24. The number of hydrogen-bond acceptors (Lipinski definition) is 5. The van der Waals surface area contributed by atoms with Crippen molar-refractivity contribution in [2.75, 3.05) is 5.32 Å². The van der Waals surface area contributed by atoms with Crippen LogP contribution in [0.3, 0.4) is 0 Å². The number of fused-ring (bicyclic) bond motifs is 2. The van der Waals surface area contributed by atoms with Gasteiger partial charge >= 0.3 is 6.18 Å². The lowest BCUT2D eigenvalue weighted by Crippen LogP contribution is -2.42. The Kier molecular flexibility index (Phi) is 6.67. The van der Waals surface area contributed by atoms with Crippen molar-refractivity contribution < 1.29 is 26.7 Å². The second kappa shape index (κ2) is 9.69. The highest BCUT2D eigenvalue weighted by molar-refractivity contribution is 6.31. The van der Waals surface area contributed by atoms with E-state index in [2.05, 4.69) is 20.7 Å². The fraction of sp³-hybridized carbons (Fsp3) is 0.440. The number of nitriles is 1. The van der Waals surface area contributed by atoms with E-state index in [1.807, 2.05) is 0 Å². The summed E-state index contributed by atoms with van der Waals surface area (Å²) in [5.41, 5.74) is 0.539. The van der Waals surface area contributed by atoms with E-state index in [0.717, 1.165) is 12.6 Å². The lowest BCUT2D eigenvalue weighted by molar-refractivity contribution is -0.142. The van der Waals surface area contributed by atoms with Crippen LogP contribution < -0.4 is 10.6 Å². The SMILES string of the molecule is N#Cc1nn(CC(F)(F)F)cc1C(=O)N[C@@H]1CCC[C@H](Nc2c3c(nc4ccc(Cl)cc24)C(F)(F)CC3)C1. The van der Waals surface area contributed by atoms with Crippen molar-refractivity contribution in [1.29, 1.82) is 5.26 Å². The fourth-order valence-corrected chi connectivity index (χ4v) is 5.41. The van der Waals surface area contributed by atoms with Gasteiger partial charge in [-0.05, 0) is 50.3 Å². The van der Waals surface area contributed by atoms with Gasteiger partial charge in [0, 0.05) is 46.4 Å². The van der Waals surface area contributed by atoms with Crippen molar-refractivity contribution in [1.82, 2.24) is 20.1 Å². The molecule has 1 amide bonds.